The predicted octanol–water partition coefficient (Wildman–Crippen LogP) is 2.92. The molecule has 0 radical (unpaired) electrons. The van der Waals surface area contributed by atoms with Gasteiger partial charge in [0.2, 0.25) is 5.91 Å². The molecule has 0 aliphatic rings. The fourth-order valence-electron chi connectivity index (χ4n) is 2.12. The van der Waals surface area contributed by atoms with E-state index in [4.69, 9.17) is 4.74 Å². The van der Waals surface area contributed by atoms with Crippen LogP contribution >= 0.6 is 0 Å². The number of carbonyl (C=O) groups is 2. The van der Waals surface area contributed by atoms with Crippen molar-refractivity contribution in [3.05, 3.63) is 54.1 Å². The second-order valence-electron chi connectivity index (χ2n) is 5.03. The molecule has 0 bridgehead atoms. The Hall–Kier alpha value is -3.02. The summed E-state index contributed by atoms with van der Waals surface area (Å²) in [7, 11) is 2.92. The highest BCUT2D eigenvalue weighted by atomic mass is 16.5. The van der Waals surface area contributed by atoms with Crippen LogP contribution in [0.15, 0.2) is 48.5 Å². The van der Waals surface area contributed by atoms with E-state index in [1.165, 1.54) is 7.11 Å². The zero-order chi connectivity index (χ0) is 17.4. The quantitative estimate of drug-likeness (QED) is 0.764. The molecule has 2 N–H and O–H groups in total. The van der Waals surface area contributed by atoms with Gasteiger partial charge in [0.25, 0.3) is 0 Å². The topological polar surface area (TPSA) is 76.7 Å². The van der Waals surface area contributed by atoms with Crippen LogP contribution in [-0.2, 0) is 9.53 Å². The van der Waals surface area contributed by atoms with Crippen molar-refractivity contribution < 1.29 is 19.1 Å². The number of ether oxygens (including phenoxy) is 2. The molecule has 0 aliphatic heterocycles. The highest BCUT2D eigenvalue weighted by Gasteiger charge is 2.06. The Labute approximate surface area is 140 Å². The summed E-state index contributed by atoms with van der Waals surface area (Å²) in [6, 6.07) is 14.1. The van der Waals surface area contributed by atoms with E-state index in [0.717, 1.165) is 5.69 Å². The molecule has 0 spiro atoms. The number of methoxy groups -OCH3 is 2. The SMILES string of the molecule is COC(=O)c1cccc(NCCC(=O)Nc2cccc(OC)c2)c1. The summed E-state index contributed by atoms with van der Waals surface area (Å²) in [6.45, 7) is 0.445. The first-order valence-corrected chi connectivity index (χ1v) is 7.48. The standard InChI is InChI=1S/C18H20N2O4/c1-23-16-8-4-7-15(12-16)20-17(21)9-10-19-14-6-3-5-13(11-14)18(22)24-2/h3-8,11-12,19H,9-10H2,1-2H3,(H,20,21). The summed E-state index contributed by atoms with van der Waals surface area (Å²) >= 11 is 0. The van der Waals surface area contributed by atoms with Crippen molar-refractivity contribution in [1.82, 2.24) is 0 Å². The Morgan fingerprint density at radius 1 is 1.00 bits per heavy atom. The molecule has 0 fully saturated rings. The van der Waals surface area contributed by atoms with E-state index >= 15 is 0 Å². The van der Waals surface area contributed by atoms with E-state index in [0.29, 0.717) is 30.0 Å². The minimum Gasteiger partial charge on any atom is -0.497 e. The molecule has 0 aromatic heterocycles. The first kappa shape index (κ1) is 17.3. The molecule has 0 heterocycles. The number of benzene rings is 2. The van der Waals surface area contributed by atoms with E-state index in [1.54, 1.807) is 37.4 Å². The summed E-state index contributed by atoms with van der Waals surface area (Å²) in [5, 5.41) is 5.92. The van der Waals surface area contributed by atoms with Crippen LogP contribution in [0.2, 0.25) is 0 Å². The van der Waals surface area contributed by atoms with Crippen molar-refractivity contribution in [1.29, 1.82) is 0 Å². The van der Waals surface area contributed by atoms with Crippen LogP contribution in [0.4, 0.5) is 11.4 Å². The van der Waals surface area contributed by atoms with E-state index in [9.17, 15) is 9.59 Å². The summed E-state index contributed by atoms with van der Waals surface area (Å²) in [6.07, 6.45) is 0.291. The molecule has 6 nitrogen and oxygen atoms in total. The number of carbonyl (C=O) groups excluding carboxylic acids is 2. The molecule has 126 valence electrons. The van der Waals surface area contributed by atoms with Gasteiger partial charge in [0.05, 0.1) is 19.8 Å². The number of hydrogen-bond donors (Lipinski definition) is 2. The number of rotatable bonds is 7. The Kier molecular flexibility index (Phi) is 6.19. The molecule has 2 aromatic carbocycles. The Morgan fingerprint density at radius 2 is 1.75 bits per heavy atom. The highest BCUT2D eigenvalue weighted by molar-refractivity contribution is 5.91. The molecule has 0 aliphatic carbocycles. The van der Waals surface area contributed by atoms with E-state index in [2.05, 4.69) is 15.4 Å². The number of esters is 1. The van der Waals surface area contributed by atoms with E-state index in [-0.39, 0.29) is 5.91 Å². The largest absolute Gasteiger partial charge is 0.497 e. The molecule has 6 heteroatoms. The Morgan fingerprint density at radius 3 is 2.50 bits per heavy atom. The van der Waals surface area contributed by atoms with Gasteiger partial charge in [0.1, 0.15) is 5.75 Å². The van der Waals surface area contributed by atoms with Gasteiger partial charge in [-0.05, 0) is 30.3 Å². The average Bonchev–Trinajstić information content (AvgIpc) is 2.61. The molecule has 0 unspecified atom stereocenters. The molecule has 0 saturated heterocycles. The fourth-order valence-corrected chi connectivity index (χ4v) is 2.12. The normalized spacial score (nSPS) is 9.92. The van der Waals surface area contributed by atoms with Gasteiger partial charge in [-0.2, -0.15) is 0 Å². The lowest BCUT2D eigenvalue weighted by molar-refractivity contribution is -0.115. The second-order valence-corrected chi connectivity index (χ2v) is 5.03. The zero-order valence-corrected chi connectivity index (χ0v) is 13.7. The summed E-state index contributed by atoms with van der Waals surface area (Å²) in [5.74, 6) is 0.180. The number of nitrogens with one attached hydrogen (secondary N) is 2. The Balaban J connectivity index is 1.83. The van der Waals surface area contributed by atoms with Crippen LogP contribution in [-0.4, -0.2) is 32.6 Å². The molecule has 1 amide bonds. The molecular weight excluding hydrogens is 308 g/mol. The maximum Gasteiger partial charge on any atom is 0.337 e. The van der Waals surface area contributed by atoms with E-state index in [1.807, 2.05) is 18.2 Å². The van der Waals surface area contributed by atoms with Crippen molar-refractivity contribution >= 4 is 23.3 Å². The summed E-state index contributed by atoms with van der Waals surface area (Å²) < 4.78 is 9.79. The van der Waals surface area contributed by atoms with Crippen LogP contribution in [0.5, 0.6) is 5.75 Å². The second kappa shape index (κ2) is 8.57. The van der Waals surface area contributed by atoms with Crippen molar-refractivity contribution in [2.45, 2.75) is 6.42 Å². The van der Waals surface area contributed by atoms with Crippen molar-refractivity contribution in [3.63, 3.8) is 0 Å². The lowest BCUT2D eigenvalue weighted by atomic mass is 10.2. The molecule has 2 rings (SSSR count). The highest BCUT2D eigenvalue weighted by Crippen LogP contribution is 2.17. The minimum absolute atomic E-state index is 0.111. The molecule has 24 heavy (non-hydrogen) atoms. The maximum atomic E-state index is 12.0. The van der Waals surface area contributed by atoms with Crippen LogP contribution in [0.3, 0.4) is 0 Å². The lowest BCUT2D eigenvalue weighted by Crippen LogP contribution is -2.16. The van der Waals surface area contributed by atoms with Gasteiger partial charge in [-0.15, -0.1) is 0 Å². The van der Waals surface area contributed by atoms with Crippen molar-refractivity contribution in [2.75, 3.05) is 31.4 Å². The Bertz CT molecular complexity index is 716. The predicted molar refractivity (Wildman–Crippen MR) is 92.5 cm³/mol. The molecule has 0 saturated carbocycles. The first-order chi connectivity index (χ1) is 11.6. The number of anilines is 2. The molecular formula is C18H20N2O4. The first-order valence-electron chi connectivity index (χ1n) is 7.48. The van der Waals surface area contributed by atoms with Crippen molar-refractivity contribution in [2.24, 2.45) is 0 Å². The average molecular weight is 328 g/mol. The van der Waals surface area contributed by atoms with Gasteiger partial charge in [-0.1, -0.05) is 12.1 Å². The summed E-state index contributed by atoms with van der Waals surface area (Å²) in [5.41, 5.74) is 1.91. The van der Waals surface area contributed by atoms with Gasteiger partial charge in [-0.25, -0.2) is 4.79 Å². The van der Waals surface area contributed by atoms with Crippen LogP contribution in [0.1, 0.15) is 16.8 Å². The van der Waals surface area contributed by atoms with Gasteiger partial charge in [0, 0.05) is 30.4 Å². The van der Waals surface area contributed by atoms with Gasteiger partial charge in [-0.3, -0.25) is 4.79 Å². The zero-order valence-electron chi connectivity index (χ0n) is 13.7. The summed E-state index contributed by atoms with van der Waals surface area (Å²) in [4.78, 5) is 23.4. The smallest absolute Gasteiger partial charge is 0.337 e. The van der Waals surface area contributed by atoms with Gasteiger partial charge >= 0.3 is 5.97 Å². The fraction of sp³-hybridized carbons (Fsp3) is 0.222. The monoisotopic (exact) mass is 328 g/mol. The van der Waals surface area contributed by atoms with E-state index < -0.39 is 5.97 Å². The third-order valence-electron chi connectivity index (χ3n) is 3.32. The maximum absolute atomic E-state index is 12.0. The minimum atomic E-state index is -0.394. The van der Waals surface area contributed by atoms with Gasteiger partial charge < -0.3 is 20.1 Å². The number of amides is 1. The molecule has 0 atom stereocenters. The van der Waals surface area contributed by atoms with Crippen LogP contribution < -0.4 is 15.4 Å². The third kappa shape index (κ3) is 5.01. The molecule has 2 aromatic rings. The lowest BCUT2D eigenvalue weighted by Gasteiger charge is -2.09. The van der Waals surface area contributed by atoms with Gasteiger partial charge in [0.15, 0.2) is 0 Å². The third-order valence-corrected chi connectivity index (χ3v) is 3.32. The van der Waals surface area contributed by atoms with Crippen LogP contribution in [0, 0.1) is 0 Å². The number of hydrogen-bond acceptors (Lipinski definition) is 5. The van der Waals surface area contributed by atoms with Crippen molar-refractivity contribution in [3.8, 4) is 5.75 Å². The van der Waals surface area contributed by atoms with Crippen LogP contribution in [0.25, 0.3) is 0 Å².